The van der Waals surface area contributed by atoms with Gasteiger partial charge in [0.25, 0.3) is 0 Å². The van der Waals surface area contributed by atoms with Crippen molar-refractivity contribution in [2.24, 2.45) is 0 Å². The molecule has 5 aromatic rings. The zero-order chi connectivity index (χ0) is 26.0. The minimum Gasteiger partial charge on any atom is -0.341 e. The Balaban J connectivity index is 1.03. The van der Waals surface area contributed by atoms with Crippen LogP contribution in [0.1, 0.15) is 55.8 Å². The van der Waals surface area contributed by atoms with Gasteiger partial charge in [0.15, 0.2) is 0 Å². The average Bonchev–Trinajstić information content (AvgIpc) is 3.80. The smallest absolute Gasteiger partial charge is 0.123 e. The second-order valence-electron chi connectivity index (χ2n) is 10.7. The molecule has 0 spiro atoms. The normalized spacial score (nSPS) is 19.4. The quantitative estimate of drug-likeness (QED) is 0.196. The van der Waals surface area contributed by atoms with Crippen LogP contribution in [0.5, 0.6) is 0 Å². The summed E-state index contributed by atoms with van der Waals surface area (Å²) in [5, 5.41) is 7.07. The van der Waals surface area contributed by atoms with E-state index in [4.69, 9.17) is 0 Å². The molecule has 0 aliphatic carbocycles. The van der Waals surface area contributed by atoms with Crippen LogP contribution in [0.2, 0.25) is 0 Å². The Morgan fingerprint density at radius 1 is 0.462 bits per heavy atom. The number of benzene rings is 3. The molecule has 2 aliphatic rings. The molecular formula is C33H34N6. The third kappa shape index (κ3) is 5.05. The van der Waals surface area contributed by atoms with Crippen molar-refractivity contribution in [2.45, 2.75) is 44.2 Å². The second kappa shape index (κ2) is 10.6. The maximum Gasteiger partial charge on any atom is 0.123 e. The highest BCUT2D eigenvalue weighted by molar-refractivity contribution is 5.73. The van der Waals surface area contributed by atoms with Crippen molar-refractivity contribution in [3.8, 4) is 44.8 Å². The molecular weight excluding hydrogens is 480 g/mol. The van der Waals surface area contributed by atoms with Crippen LogP contribution >= 0.6 is 0 Å². The molecule has 0 radical (unpaired) electrons. The van der Waals surface area contributed by atoms with Crippen LogP contribution < -0.4 is 10.6 Å². The maximum atomic E-state index is 4.65. The Kier molecular flexibility index (Phi) is 6.56. The van der Waals surface area contributed by atoms with E-state index in [-0.39, 0.29) is 0 Å². The van der Waals surface area contributed by atoms with Crippen molar-refractivity contribution in [1.82, 2.24) is 30.6 Å². The fraction of sp³-hybridized carbons (Fsp3) is 0.273. The summed E-state index contributed by atoms with van der Waals surface area (Å²) in [5.41, 5.74) is 9.31. The van der Waals surface area contributed by atoms with Crippen molar-refractivity contribution in [2.75, 3.05) is 13.1 Å². The number of piperidine rings is 1. The summed E-state index contributed by atoms with van der Waals surface area (Å²) in [6, 6.07) is 27.0. The summed E-state index contributed by atoms with van der Waals surface area (Å²) >= 11 is 0. The molecule has 39 heavy (non-hydrogen) atoms. The monoisotopic (exact) mass is 514 g/mol. The average molecular weight is 515 g/mol. The number of nitrogens with one attached hydrogen (secondary N) is 4. The number of hydrogen-bond donors (Lipinski definition) is 4. The summed E-state index contributed by atoms with van der Waals surface area (Å²) in [6.45, 7) is 2.15. The minimum atomic E-state index is 0.346. The Hall–Kier alpha value is -4.00. The molecule has 2 aromatic heterocycles. The number of imidazole rings is 2. The van der Waals surface area contributed by atoms with Crippen molar-refractivity contribution in [1.29, 1.82) is 0 Å². The molecule has 2 fully saturated rings. The zero-order valence-electron chi connectivity index (χ0n) is 22.1. The third-order valence-electron chi connectivity index (χ3n) is 8.17. The van der Waals surface area contributed by atoms with Crippen LogP contribution in [0.4, 0.5) is 0 Å². The molecule has 7 rings (SSSR count). The van der Waals surface area contributed by atoms with Gasteiger partial charge in [-0.1, -0.05) is 79.2 Å². The summed E-state index contributed by atoms with van der Waals surface area (Å²) < 4.78 is 0. The van der Waals surface area contributed by atoms with E-state index in [2.05, 4.69) is 103 Å². The number of aromatic nitrogens is 4. The summed E-state index contributed by atoms with van der Waals surface area (Å²) in [5.74, 6) is 2.09. The minimum absolute atomic E-state index is 0.346. The summed E-state index contributed by atoms with van der Waals surface area (Å²) in [6.07, 6.45) is 9.93. The van der Waals surface area contributed by atoms with Crippen molar-refractivity contribution in [3.05, 3.63) is 96.8 Å². The van der Waals surface area contributed by atoms with E-state index in [1.165, 1.54) is 41.5 Å². The molecule has 4 N–H and O–H groups in total. The summed E-state index contributed by atoms with van der Waals surface area (Å²) in [7, 11) is 0. The van der Waals surface area contributed by atoms with Gasteiger partial charge >= 0.3 is 0 Å². The lowest BCUT2D eigenvalue weighted by Crippen LogP contribution is -2.27. The largest absolute Gasteiger partial charge is 0.341 e. The molecule has 0 bridgehead atoms. The highest BCUT2D eigenvalue weighted by atomic mass is 15.0. The molecule has 196 valence electrons. The van der Waals surface area contributed by atoms with Gasteiger partial charge in [-0.15, -0.1) is 0 Å². The Morgan fingerprint density at radius 3 is 1.23 bits per heavy atom. The van der Waals surface area contributed by atoms with E-state index >= 15 is 0 Å². The van der Waals surface area contributed by atoms with Gasteiger partial charge in [0.2, 0.25) is 0 Å². The van der Waals surface area contributed by atoms with E-state index in [1.807, 2.05) is 12.4 Å². The Bertz CT molecular complexity index is 1520. The van der Waals surface area contributed by atoms with E-state index in [0.717, 1.165) is 60.1 Å². The number of aromatic amines is 2. The maximum absolute atomic E-state index is 4.65. The molecule has 3 aromatic carbocycles. The van der Waals surface area contributed by atoms with Crippen molar-refractivity contribution < 1.29 is 0 Å². The number of rotatable bonds is 6. The predicted octanol–water partition coefficient (Wildman–Crippen LogP) is 7.04. The fourth-order valence-electron chi connectivity index (χ4n) is 5.86. The van der Waals surface area contributed by atoms with Crippen LogP contribution in [0, 0.1) is 0 Å². The first-order chi connectivity index (χ1) is 19.3. The van der Waals surface area contributed by atoms with Gasteiger partial charge in [0, 0.05) is 0 Å². The molecule has 2 saturated heterocycles. The molecule has 6 heteroatoms. The number of hydrogen-bond acceptors (Lipinski definition) is 4. The van der Waals surface area contributed by atoms with Crippen molar-refractivity contribution in [3.63, 3.8) is 0 Å². The van der Waals surface area contributed by atoms with Gasteiger partial charge in [0.1, 0.15) is 11.6 Å². The molecule has 0 unspecified atom stereocenters. The third-order valence-corrected chi connectivity index (χ3v) is 8.17. The van der Waals surface area contributed by atoms with Gasteiger partial charge in [-0.3, -0.25) is 0 Å². The van der Waals surface area contributed by atoms with Crippen LogP contribution in [-0.2, 0) is 0 Å². The second-order valence-corrected chi connectivity index (χ2v) is 10.7. The topological polar surface area (TPSA) is 81.4 Å². The highest BCUT2D eigenvalue weighted by Gasteiger charge is 2.19. The lowest BCUT2D eigenvalue weighted by Gasteiger charge is -2.21. The molecule has 2 atom stereocenters. The lowest BCUT2D eigenvalue weighted by atomic mass is 9.98. The summed E-state index contributed by atoms with van der Waals surface area (Å²) in [4.78, 5) is 16.3. The van der Waals surface area contributed by atoms with Gasteiger partial charge in [-0.2, -0.15) is 0 Å². The Morgan fingerprint density at radius 2 is 0.846 bits per heavy atom. The number of H-pyrrole nitrogens is 2. The van der Waals surface area contributed by atoms with Crippen LogP contribution in [0.15, 0.2) is 85.2 Å². The first-order valence-corrected chi connectivity index (χ1v) is 14.2. The first kappa shape index (κ1) is 24.1. The van der Waals surface area contributed by atoms with Gasteiger partial charge in [-0.25, -0.2) is 9.97 Å². The van der Waals surface area contributed by atoms with Crippen LogP contribution in [-0.4, -0.2) is 33.0 Å². The fourth-order valence-corrected chi connectivity index (χ4v) is 5.86. The lowest BCUT2D eigenvalue weighted by molar-refractivity contribution is 0.399. The van der Waals surface area contributed by atoms with Crippen molar-refractivity contribution >= 4 is 0 Å². The highest BCUT2D eigenvalue weighted by Crippen LogP contribution is 2.30. The van der Waals surface area contributed by atoms with Crippen LogP contribution in [0.3, 0.4) is 0 Å². The zero-order valence-corrected chi connectivity index (χ0v) is 22.1. The SMILES string of the molecule is c1cc(-c2ccc(-c3cnc([C@@H]4CCCN4)[nH]3)cc2)ccc1-c1ccc(-c2cnc([C@@H]3CCCCN3)[nH]2)cc1. The molecule has 0 amide bonds. The van der Waals surface area contributed by atoms with Gasteiger partial charge < -0.3 is 20.6 Å². The van der Waals surface area contributed by atoms with Gasteiger partial charge in [-0.05, 0) is 72.2 Å². The first-order valence-electron chi connectivity index (χ1n) is 14.2. The molecule has 6 nitrogen and oxygen atoms in total. The van der Waals surface area contributed by atoms with E-state index in [0.29, 0.717) is 12.1 Å². The predicted molar refractivity (Wildman–Crippen MR) is 157 cm³/mol. The molecule has 2 aliphatic heterocycles. The Labute approximate surface area is 229 Å². The van der Waals surface area contributed by atoms with E-state index in [1.54, 1.807) is 0 Å². The van der Waals surface area contributed by atoms with Crippen LogP contribution in [0.25, 0.3) is 44.8 Å². The molecule has 4 heterocycles. The molecule has 0 saturated carbocycles. The van der Waals surface area contributed by atoms with E-state index in [9.17, 15) is 0 Å². The number of nitrogens with zero attached hydrogens (tertiary/aromatic N) is 2. The standard InChI is InChI=1S/C33H34N6/c1-2-18-34-28(4-1)32-36-20-30(38-32)26-14-10-24(11-15-26)22-6-8-23(9-7-22)25-12-16-27(17-13-25)31-21-37-33(39-31)29-5-3-19-35-29/h6-17,20-21,28-29,34-35H,1-5,18-19H2,(H,36,38)(H,37,39)/t28-,29-/m0/s1. The van der Waals surface area contributed by atoms with Gasteiger partial charge in [0.05, 0.1) is 35.9 Å². The van der Waals surface area contributed by atoms with E-state index < -0.39 is 0 Å².